The van der Waals surface area contributed by atoms with Gasteiger partial charge in [-0.25, -0.2) is 14.4 Å². The fourth-order valence-electron chi connectivity index (χ4n) is 9.28. The highest BCUT2D eigenvalue weighted by molar-refractivity contribution is 8.00. The molecule has 7 rings (SSSR count). The fraction of sp³-hybridized carbons (Fsp3) is 0.580. The van der Waals surface area contributed by atoms with E-state index in [1.807, 2.05) is 18.7 Å². The molecular weight excluding hydrogens is 1080 g/mol. The van der Waals surface area contributed by atoms with Crippen LogP contribution in [0.2, 0.25) is 0 Å². The van der Waals surface area contributed by atoms with Gasteiger partial charge in [-0.2, -0.15) is 11.8 Å². The molecule has 5 fully saturated rings. The van der Waals surface area contributed by atoms with Crippen LogP contribution in [0.4, 0.5) is 25.8 Å². The third-order valence-electron chi connectivity index (χ3n) is 13.9. The highest BCUT2D eigenvalue weighted by atomic mass is 32.2. The van der Waals surface area contributed by atoms with E-state index in [2.05, 4.69) is 47.9 Å². The minimum atomic E-state index is -0.471. The molecule has 0 aromatic heterocycles. The molecule has 0 radical (unpaired) electrons. The van der Waals surface area contributed by atoms with E-state index in [1.165, 1.54) is 16.7 Å². The van der Waals surface area contributed by atoms with Crippen LogP contribution in [0.1, 0.15) is 46.0 Å². The zero-order chi connectivity index (χ0) is 57.7. The monoisotopic (exact) mass is 1150 g/mol. The normalized spacial score (nSPS) is 19.4. The first kappa shape index (κ1) is 61.5. The summed E-state index contributed by atoms with van der Waals surface area (Å²) in [7, 11) is 0. The first-order valence-corrected chi connectivity index (χ1v) is 28.2. The second kappa shape index (κ2) is 30.6. The van der Waals surface area contributed by atoms with Crippen LogP contribution in [0, 0.1) is 0 Å². The van der Waals surface area contributed by atoms with Crippen LogP contribution in [0.15, 0.2) is 36.4 Å². The van der Waals surface area contributed by atoms with Crippen LogP contribution >= 0.6 is 24.0 Å². The molecule has 6 aliphatic rings. The number of imide groups is 1. The van der Waals surface area contributed by atoms with E-state index in [-0.39, 0.29) is 130 Å². The number of amides is 15. The van der Waals surface area contributed by atoms with E-state index in [4.69, 9.17) is 12.2 Å². The molecule has 0 bridgehead atoms. The van der Waals surface area contributed by atoms with Gasteiger partial charge >= 0.3 is 18.1 Å². The number of piperazine rings is 3. The van der Waals surface area contributed by atoms with Gasteiger partial charge in [0.1, 0.15) is 0 Å². The number of urea groups is 3. The van der Waals surface area contributed by atoms with Crippen molar-refractivity contribution in [1.82, 2.24) is 71.5 Å². The molecule has 1 aromatic rings. The Hall–Kier alpha value is -7.76. The lowest BCUT2D eigenvalue weighted by molar-refractivity contribution is -0.138. The van der Waals surface area contributed by atoms with Gasteiger partial charge in [0.25, 0.3) is 11.8 Å². The van der Waals surface area contributed by atoms with E-state index < -0.39 is 23.8 Å². The van der Waals surface area contributed by atoms with Crippen LogP contribution in [-0.2, 0) is 43.2 Å². The SMILES string of the molecule is CC(=O)N1CCN(C(=O)CNC(=O)CNC(=S)Nc2ccc(NC(=O)CCCC[C@@H]3SC[C@@H]4NC(=O)N[C@@H]43)cc2)CC1.CCNC(=O)N1CCN(C(=O)CNC(=O)N2CCN(C(=O)CNC(=O)CCN3C(=O)C=CC3=O)CC2)CC1. The molecule has 15 amide bonds. The van der Waals surface area contributed by atoms with Gasteiger partial charge in [-0.1, -0.05) is 6.42 Å². The number of thiocarbonyl (C=S) groups is 1. The summed E-state index contributed by atoms with van der Waals surface area (Å²) < 4.78 is 0. The molecule has 0 saturated carbocycles. The molecular formula is C50H72N16O12S2. The maximum absolute atomic E-state index is 12.5. The molecule has 28 nitrogen and oxygen atoms in total. The minimum Gasteiger partial charge on any atom is -0.353 e. The molecule has 5 saturated heterocycles. The van der Waals surface area contributed by atoms with Gasteiger partial charge < -0.3 is 77.3 Å². The Kier molecular flexibility index (Phi) is 23.5. The first-order valence-electron chi connectivity index (χ1n) is 26.7. The van der Waals surface area contributed by atoms with Gasteiger partial charge in [-0.05, 0) is 56.2 Å². The number of hydrogen-bond acceptors (Lipinski definition) is 14. The summed E-state index contributed by atoms with van der Waals surface area (Å²) in [6, 6.07) is 6.84. The highest BCUT2D eigenvalue weighted by Crippen LogP contribution is 2.33. The summed E-state index contributed by atoms with van der Waals surface area (Å²) in [6.07, 6.45) is 5.26. The number of rotatable bonds is 19. The number of thioether (sulfide) groups is 1. The lowest BCUT2D eigenvalue weighted by atomic mass is 10.0. The summed E-state index contributed by atoms with van der Waals surface area (Å²) in [6.45, 7) is 7.85. The van der Waals surface area contributed by atoms with Crippen LogP contribution < -0.4 is 47.9 Å². The number of nitrogens with zero attached hydrogens (tertiary/aromatic N) is 7. The zero-order valence-corrected chi connectivity index (χ0v) is 46.6. The summed E-state index contributed by atoms with van der Waals surface area (Å²) in [5.41, 5.74) is 1.36. The second-order valence-corrected chi connectivity index (χ2v) is 21.1. The van der Waals surface area contributed by atoms with E-state index in [0.717, 1.165) is 42.1 Å². The number of anilines is 2. The van der Waals surface area contributed by atoms with E-state index >= 15 is 0 Å². The van der Waals surface area contributed by atoms with Gasteiger partial charge in [0.15, 0.2) is 5.11 Å². The third kappa shape index (κ3) is 19.0. The maximum Gasteiger partial charge on any atom is 0.317 e. The van der Waals surface area contributed by atoms with Crippen molar-refractivity contribution >= 4 is 112 Å². The van der Waals surface area contributed by atoms with Crippen molar-refractivity contribution in [2.24, 2.45) is 0 Å². The molecule has 0 aliphatic carbocycles. The van der Waals surface area contributed by atoms with Crippen molar-refractivity contribution in [1.29, 1.82) is 0 Å². The number of benzene rings is 1. The Morgan fingerprint density at radius 1 is 0.562 bits per heavy atom. The smallest absolute Gasteiger partial charge is 0.317 e. The summed E-state index contributed by atoms with van der Waals surface area (Å²) in [5, 5.41) is 25.7. The van der Waals surface area contributed by atoms with Gasteiger partial charge in [-0.15, -0.1) is 0 Å². The van der Waals surface area contributed by atoms with Crippen LogP contribution in [0.3, 0.4) is 0 Å². The Morgan fingerprint density at radius 3 is 1.59 bits per heavy atom. The summed E-state index contributed by atoms with van der Waals surface area (Å²) in [4.78, 5) is 155. The molecule has 9 N–H and O–H groups in total. The van der Waals surface area contributed by atoms with Crippen molar-refractivity contribution in [2.45, 2.75) is 63.3 Å². The van der Waals surface area contributed by atoms with Crippen molar-refractivity contribution in [2.75, 3.05) is 134 Å². The fourth-order valence-corrected chi connectivity index (χ4v) is 11.0. The Balaban J connectivity index is 0.000000259. The van der Waals surface area contributed by atoms with Crippen molar-refractivity contribution in [3.05, 3.63) is 36.4 Å². The standard InChI is InChI=1S/C27H38N8O5S2.C23H34N8O7/c1-17(36)34-10-12-35(13-11-34)24(39)15-28-23(38)14-29-27(41)31-19-8-6-18(7-9-19)30-22(37)5-3-2-4-21-25-20(16-42-21)32-26(40)33-25;1-2-24-22(37)29-11-7-28(8-12-29)21(36)16-26-23(38)30-13-9-27(10-14-30)20(35)15-25-17(32)5-6-31-18(33)3-4-19(31)34/h6-9,20-21,25H,2-5,10-16H2,1H3,(H,28,38)(H,30,37)(H2,29,31,41)(H2,32,33,40);3-4H,2,5-16H2,1H3,(H,24,37)(H,25,32)(H,26,38)/t20-,21-,25-;/m0./s1. The van der Waals surface area contributed by atoms with Crippen LogP contribution in [0.25, 0.3) is 0 Å². The van der Waals surface area contributed by atoms with Crippen LogP contribution in [-0.4, -0.2) is 252 Å². The van der Waals surface area contributed by atoms with Crippen molar-refractivity contribution in [3.8, 4) is 0 Å². The molecule has 0 spiro atoms. The summed E-state index contributed by atoms with van der Waals surface area (Å²) in [5.74, 6) is -1.64. The molecule has 6 aliphatic heterocycles. The second-order valence-electron chi connectivity index (χ2n) is 19.4. The Morgan fingerprint density at radius 2 is 1.05 bits per heavy atom. The predicted molar refractivity (Wildman–Crippen MR) is 297 cm³/mol. The predicted octanol–water partition coefficient (Wildman–Crippen LogP) is -2.41. The molecule has 3 atom stereocenters. The third-order valence-corrected chi connectivity index (χ3v) is 15.6. The number of hydrogen-bond donors (Lipinski definition) is 9. The first-order chi connectivity index (χ1) is 38.4. The lowest BCUT2D eigenvalue weighted by Crippen LogP contribution is -2.57. The molecule has 80 heavy (non-hydrogen) atoms. The minimum absolute atomic E-state index is 0.0102. The average Bonchev–Trinajstić information content (AvgIpc) is 4.13. The van der Waals surface area contributed by atoms with Crippen LogP contribution in [0.5, 0.6) is 0 Å². The van der Waals surface area contributed by atoms with Gasteiger partial charge in [0.05, 0.1) is 38.3 Å². The molecule has 30 heteroatoms. The number of carbonyl (C=O) groups is 12. The van der Waals surface area contributed by atoms with Gasteiger partial charge in [0, 0.05) is 146 Å². The number of fused-ring (bicyclic) bond motifs is 1. The Bertz CT molecular complexity index is 2480. The molecule has 6 heterocycles. The van der Waals surface area contributed by atoms with E-state index in [1.54, 1.807) is 43.9 Å². The quantitative estimate of drug-likeness (QED) is 0.0302. The Labute approximate surface area is 472 Å². The molecule has 436 valence electrons. The van der Waals surface area contributed by atoms with E-state index in [9.17, 15) is 57.5 Å². The summed E-state index contributed by atoms with van der Waals surface area (Å²) >= 11 is 7.13. The van der Waals surface area contributed by atoms with Crippen molar-refractivity contribution in [3.63, 3.8) is 0 Å². The lowest BCUT2D eigenvalue weighted by Gasteiger charge is -2.36. The van der Waals surface area contributed by atoms with E-state index in [0.29, 0.717) is 81.9 Å². The average molecular weight is 1150 g/mol. The van der Waals surface area contributed by atoms with Gasteiger partial charge in [-0.3, -0.25) is 48.1 Å². The van der Waals surface area contributed by atoms with Crippen molar-refractivity contribution < 1.29 is 57.5 Å². The number of nitrogens with one attached hydrogen (secondary N) is 9. The number of carbonyl (C=O) groups excluding carboxylic acids is 12. The largest absolute Gasteiger partial charge is 0.353 e. The topological polar surface area (TPSA) is 336 Å². The molecule has 1 aromatic carbocycles. The maximum atomic E-state index is 12.5. The number of unbranched alkanes of at least 4 members (excludes halogenated alkanes) is 1. The zero-order valence-electron chi connectivity index (χ0n) is 45.0. The molecule has 0 unspecified atom stereocenters. The van der Waals surface area contributed by atoms with Gasteiger partial charge in [0.2, 0.25) is 41.4 Å². The highest BCUT2D eigenvalue weighted by Gasteiger charge is 2.42.